The molecule has 0 N–H and O–H groups in total. The summed E-state index contributed by atoms with van der Waals surface area (Å²) in [6.07, 6.45) is 3.71. The molecular formula is C17H16FN3O. The minimum absolute atomic E-state index is 0.169. The molecule has 0 radical (unpaired) electrons. The summed E-state index contributed by atoms with van der Waals surface area (Å²) in [6, 6.07) is 10.5. The quantitative estimate of drug-likeness (QED) is 0.727. The maximum Gasteiger partial charge on any atom is 0.164 e. The van der Waals surface area contributed by atoms with Crippen molar-refractivity contribution < 1.29 is 9.13 Å². The summed E-state index contributed by atoms with van der Waals surface area (Å²) in [6.45, 7) is 1.41. The zero-order chi connectivity index (χ0) is 14.9. The molecule has 112 valence electrons. The van der Waals surface area contributed by atoms with Crippen LogP contribution in [0.3, 0.4) is 0 Å². The average Bonchev–Trinajstić information content (AvgIpc) is 2.95. The van der Waals surface area contributed by atoms with Crippen molar-refractivity contribution in [3.05, 3.63) is 54.2 Å². The lowest BCUT2D eigenvalue weighted by molar-refractivity contribution is 0.0777. The van der Waals surface area contributed by atoms with Gasteiger partial charge in [-0.25, -0.2) is 14.4 Å². The number of rotatable bonds is 2. The standard InChI is InChI=1S/C17H16FN3O/c18-13-6-1-2-8-15(13)21-16(12-5-4-10-22-11-12)20-14-7-3-9-19-17(14)21/h1-3,6-9,12H,4-5,10-11H2. The lowest BCUT2D eigenvalue weighted by Crippen LogP contribution is -2.19. The summed E-state index contributed by atoms with van der Waals surface area (Å²) in [5, 5.41) is 0. The molecule has 3 heterocycles. The lowest BCUT2D eigenvalue weighted by Gasteiger charge is -2.22. The van der Waals surface area contributed by atoms with Gasteiger partial charge in [0.05, 0.1) is 12.3 Å². The molecule has 4 rings (SSSR count). The molecule has 1 saturated heterocycles. The van der Waals surface area contributed by atoms with Gasteiger partial charge >= 0.3 is 0 Å². The minimum atomic E-state index is -0.273. The number of nitrogens with zero attached hydrogens (tertiary/aromatic N) is 3. The highest BCUT2D eigenvalue weighted by atomic mass is 19.1. The fourth-order valence-corrected chi connectivity index (χ4v) is 3.02. The van der Waals surface area contributed by atoms with Gasteiger partial charge < -0.3 is 4.74 Å². The summed E-state index contributed by atoms with van der Waals surface area (Å²) < 4.78 is 21.7. The van der Waals surface area contributed by atoms with Crippen LogP contribution < -0.4 is 0 Å². The smallest absolute Gasteiger partial charge is 0.164 e. The van der Waals surface area contributed by atoms with Crippen LogP contribution in [-0.2, 0) is 4.74 Å². The van der Waals surface area contributed by atoms with Crippen LogP contribution in [0.1, 0.15) is 24.6 Å². The molecule has 3 aromatic rings. The van der Waals surface area contributed by atoms with Crippen molar-refractivity contribution in [3.8, 4) is 5.69 Å². The van der Waals surface area contributed by atoms with Crippen LogP contribution in [0.15, 0.2) is 42.6 Å². The molecule has 1 aliphatic heterocycles. The Bertz CT molecular complexity index is 809. The number of hydrogen-bond acceptors (Lipinski definition) is 3. The summed E-state index contributed by atoms with van der Waals surface area (Å²) in [4.78, 5) is 9.11. The van der Waals surface area contributed by atoms with Crippen molar-refractivity contribution in [1.82, 2.24) is 14.5 Å². The van der Waals surface area contributed by atoms with Crippen molar-refractivity contribution in [2.75, 3.05) is 13.2 Å². The Kier molecular flexibility index (Phi) is 3.35. The van der Waals surface area contributed by atoms with Crippen molar-refractivity contribution in [1.29, 1.82) is 0 Å². The maximum atomic E-state index is 14.3. The second kappa shape index (κ2) is 5.50. The molecule has 1 aliphatic rings. The predicted molar refractivity (Wildman–Crippen MR) is 81.6 cm³/mol. The molecule has 22 heavy (non-hydrogen) atoms. The second-order valence-electron chi connectivity index (χ2n) is 5.52. The molecular weight excluding hydrogens is 281 g/mol. The van der Waals surface area contributed by atoms with Gasteiger partial charge in [0, 0.05) is 18.7 Å². The third-order valence-electron chi connectivity index (χ3n) is 4.06. The van der Waals surface area contributed by atoms with Crippen LogP contribution in [-0.4, -0.2) is 27.7 Å². The Morgan fingerprint density at radius 1 is 1.18 bits per heavy atom. The number of ether oxygens (including phenoxy) is 1. The zero-order valence-electron chi connectivity index (χ0n) is 12.1. The summed E-state index contributed by atoms with van der Waals surface area (Å²) in [5.74, 6) is 0.728. The van der Waals surface area contributed by atoms with E-state index in [-0.39, 0.29) is 11.7 Å². The van der Waals surface area contributed by atoms with E-state index in [9.17, 15) is 4.39 Å². The monoisotopic (exact) mass is 297 g/mol. The van der Waals surface area contributed by atoms with Gasteiger partial charge in [0.2, 0.25) is 0 Å². The fourth-order valence-electron chi connectivity index (χ4n) is 3.02. The molecule has 1 atom stereocenters. The van der Waals surface area contributed by atoms with E-state index in [1.165, 1.54) is 6.07 Å². The predicted octanol–water partition coefficient (Wildman–Crippen LogP) is 3.45. The van der Waals surface area contributed by atoms with E-state index in [0.717, 1.165) is 30.8 Å². The second-order valence-corrected chi connectivity index (χ2v) is 5.52. The highest BCUT2D eigenvalue weighted by Gasteiger charge is 2.25. The van der Waals surface area contributed by atoms with E-state index in [2.05, 4.69) is 4.98 Å². The minimum Gasteiger partial charge on any atom is -0.381 e. The van der Waals surface area contributed by atoms with Crippen LogP contribution in [0.25, 0.3) is 16.9 Å². The van der Waals surface area contributed by atoms with Crippen LogP contribution in [0, 0.1) is 5.82 Å². The number of pyridine rings is 1. The molecule has 0 spiro atoms. The normalized spacial score (nSPS) is 18.7. The molecule has 0 amide bonds. The molecule has 1 aromatic carbocycles. The molecule has 5 heteroatoms. The van der Waals surface area contributed by atoms with Gasteiger partial charge in [-0.15, -0.1) is 0 Å². The van der Waals surface area contributed by atoms with Crippen molar-refractivity contribution in [2.24, 2.45) is 0 Å². The van der Waals surface area contributed by atoms with E-state index < -0.39 is 0 Å². The number of aromatic nitrogens is 3. The Balaban J connectivity index is 1.96. The molecule has 4 nitrogen and oxygen atoms in total. The molecule has 1 fully saturated rings. The number of halogens is 1. The van der Waals surface area contributed by atoms with Crippen LogP contribution in [0.5, 0.6) is 0 Å². The molecule has 0 saturated carbocycles. The largest absolute Gasteiger partial charge is 0.381 e. The topological polar surface area (TPSA) is 39.9 Å². The highest BCUT2D eigenvalue weighted by molar-refractivity contribution is 5.74. The molecule has 1 unspecified atom stereocenters. The Morgan fingerprint density at radius 2 is 2.09 bits per heavy atom. The first-order valence-electron chi connectivity index (χ1n) is 7.50. The fraction of sp³-hybridized carbons (Fsp3) is 0.294. The van der Waals surface area contributed by atoms with Gasteiger partial charge in [-0.05, 0) is 37.1 Å². The van der Waals surface area contributed by atoms with E-state index in [0.29, 0.717) is 17.9 Å². The summed E-state index contributed by atoms with van der Waals surface area (Å²) in [5.41, 5.74) is 1.96. The molecule has 2 aromatic heterocycles. The number of benzene rings is 1. The third-order valence-corrected chi connectivity index (χ3v) is 4.06. The van der Waals surface area contributed by atoms with Crippen LogP contribution in [0.4, 0.5) is 4.39 Å². The number of para-hydroxylation sites is 1. The van der Waals surface area contributed by atoms with Gasteiger partial charge in [-0.1, -0.05) is 12.1 Å². The van der Waals surface area contributed by atoms with Crippen LogP contribution in [0.2, 0.25) is 0 Å². The highest BCUT2D eigenvalue weighted by Crippen LogP contribution is 2.30. The van der Waals surface area contributed by atoms with E-state index >= 15 is 0 Å². The van der Waals surface area contributed by atoms with Gasteiger partial charge in [-0.2, -0.15) is 0 Å². The van der Waals surface area contributed by atoms with Crippen molar-refractivity contribution in [2.45, 2.75) is 18.8 Å². The van der Waals surface area contributed by atoms with Gasteiger partial charge in [0.15, 0.2) is 5.65 Å². The van der Waals surface area contributed by atoms with E-state index in [1.807, 2.05) is 22.8 Å². The average molecular weight is 297 g/mol. The molecule has 0 bridgehead atoms. The number of imidazole rings is 1. The third kappa shape index (κ3) is 2.18. The number of hydrogen-bond donors (Lipinski definition) is 0. The first-order chi connectivity index (χ1) is 10.8. The number of fused-ring (bicyclic) bond motifs is 1. The van der Waals surface area contributed by atoms with E-state index in [1.54, 1.807) is 18.3 Å². The van der Waals surface area contributed by atoms with Crippen LogP contribution >= 0.6 is 0 Å². The van der Waals surface area contributed by atoms with E-state index in [4.69, 9.17) is 9.72 Å². The first kappa shape index (κ1) is 13.4. The van der Waals surface area contributed by atoms with Gasteiger partial charge in [0.1, 0.15) is 17.2 Å². The summed E-state index contributed by atoms with van der Waals surface area (Å²) in [7, 11) is 0. The molecule has 0 aliphatic carbocycles. The Morgan fingerprint density at radius 3 is 2.91 bits per heavy atom. The van der Waals surface area contributed by atoms with Gasteiger partial charge in [0.25, 0.3) is 0 Å². The van der Waals surface area contributed by atoms with Gasteiger partial charge in [-0.3, -0.25) is 4.57 Å². The zero-order valence-corrected chi connectivity index (χ0v) is 12.1. The Hall–Kier alpha value is -2.27. The van der Waals surface area contributed by atoms with Crippen molar-refractivity contribution in [3.63, 3.8) is 0 Å². The summed E-state index contributed by atoms with van der Waals surface area (Å²) >= 11 is 0. The first-order valence-corrected chi connectivity index (χ1v) is 7.50. The Labute approximate surface area is 127 Å². The SMILES string of the molecule is Fc1ccccc1-n1c(C2CCCOC2)nc2cccnc21. The maximum absolute atomic E-state index is 14.3. The lowest BCUT2D eigenvalue weighted by atomic mass is 10.0. The van der Waals surface area contributed by atoms with Crippen molar-refractivity contribution >= 4 is 11.2 Å².